The van der Waals surface area contributed by atoms with E-state index < -0.39 is 0 Å². The molecule has 0 saturated heterocycles. The van der Waals surface area contributed by atoms with E-state index in [4.69, 9.17) is 9.47 Å². The summed E-state index contributed by atoms with van der Waals surface area (Å²) in [6, 6.07) is 30.3. The fraction of sp³-hybridized carbons (Fsp3) is 0.237. The number of methoxy groups -OCH3 is 1. The lowest BCUT2D eigenvalue weighted by molar-refractivity contribution is 0.102. The SMILES string of the molecule is CCCCOc1ccc(CN(C)CCc2ccc(NC(=O)c3ccccc3NC(=O)c3cnc4ccccc4c3)cc2)cc1OC. The predicted molar refractivity (Wildman–Crippen MR) is 184 cm³/mol. The molecule has 0 spiro atoms. The molecule has 0 bridgehead atoms. The number of ether oxygens (including phenoxy) is 2. The summed E-state index contributed by atoms with van der Waals surface area (Å²) in [5.41, 5.74) is 5.02. The number of amides is 2. The number of carbonyl (C=O) groups is 2. The van der Waals surface area contributed by atoms with Crippen molar-refractivity contribution in [2.24, 2.45) is 0 Å². The molecule has 1 aromatic heterocycles. The van der Waals surface area contributed by atoms with Crippen molar-refractivity contribution in [1.82, 2.24) is 9.88 Å². The van der Waals surface area contributed by atoms with Crippen molar-refractivity contribution in [2.45, 2.75) is 32.7 Å². The van der Waals surface area contributed by atoms with Gasteiger partial charge in [0.15, 0.2) is 11.5 Å². The lowest BCUT2D eigenvalue weighted by Crippen LogP contribution is -2.21. The summed E-state index contributed by atoms with van der Waals surface area (Å²) in [6.07, 6.45) is 4.50. The fourth-order valence-corrected chi connectivity index (χ4v) is 5.10. The lowest BCUT2D eigenvalue weighted by atomic mass is 10.1. The molecule has 0 atom stereocenters. The third-order valence-electron chi connectivity index (χ3n) is 7.70. The summed E-state index contributed by atoms with van der Waals surface area (Å²) in [6.45, 7) is 4.48. The smallest absolute Gasteiger partial charge is 0.257 e. The van der Waals surface area contributed by atoms with Gasteiger partial charge in [-0.05, 0) is 79.5 Å². The van der Waals surface area contributed by atoms with Crippen molar-refractivity contribution in [3.05, 3.63) is 126 Å². The minimum atomic E-state index is -0.333. The molecular weight excluding hydrogens is 576 g/mol. The molecule has 0 saturated carbocycles. The number of carbonyl (C=O) groups excluding carboxylic acids is 2. The summed E-state index contributed by atoms with van der Waals surface area (Å²) < 4.78 is 11.4. The molecule has 0 radical (unpaired) electrons. The number of pyridine rings is 1. The number of rotatable bonds is 14. The first-order valence-electron chi connectivity index (χ1n) is 15.6. The zero-order chi connectivity index (χ0) is 32.3. The first-order valence-corrected chi connectivity index (χ1v) is 15.6. The Labute approximate surface area is 270 Å². The Balaban J connectivity index is 1.14. The van der Waals surface area contributed by atoms with Gasteiger partial charge in [0, 0.05) is 30.4 Å². The fourth-order valence-electron chi connectivity index (χ4n) is 5.10. The Morgan fingerprint density at radius 1 is 0.826 bits per heavy atom. The van der Waals surface area contributed by atoms with Crippen LogP contribution in [-0.2, 0) is 13.0 Å². The van der Waals surface area contributed by atoms with Gasteiger partial charge in [-0.2, -0.15) is 0 Å². The van der Waals surface area contributed by atoms with Gasteiger partial charge in [0.2, 0.25) is 0 Å². The number of para-hydroxylation sites is 2. The minimum Gasteiger partial charge on any atom is -0.493 e. The molecule has 0 unspecified atom stereocenters. The van der Waals surface area contributed by atoms with E-state index in [0.29, 0.717) is 29.1 Å². The normalized spacial score (nSPS) is 11.0. The highest BCUT2D eigenvalue weighted by Gasteiger charge is 2.15. The standard InChI is InChI=1S/C38H40N4O4/c1-4-5-22-46-35-19-16-28(23-36(35)45-3)26-42(2)21-20-27-14-17-31(18-15-27)40-38(44)32-11-7-9-13-34(32)41-37(43)30-24-29-10-6-8-12-33(29)39-25-30/h6-19,23-25H,4-5,20-22,26H2,1-3H3,(H,40,44)(H,41,43). The molecular formula is C38H40N4O4. The van der Waals surface area contributed by atoms with E-state index >= 15 is 0 Å². The quantitative estimate of drug-likeness (QED) is 0.125. The Morgan fingerprint density at radius 3 is 2.39 bits per heavy atom. The summed E-state index contributed by atoms with van der Waals surface area (Å²) in [5, 5.41) is 6.70. The van der Waals surface area contributed by atoms with Gasteiger partial charge >= 0.3 is 0 Å². The second-order valence-electron chi connectivity index (χ2n) is 11.2. The average Bonchev–Trinajstić information content (AvgIpc) is 3.08. The largest absolute Gasteiger partial charge is 0.493 e. The minimum absolute atomic E-state index is 0.308. The van der Waals surface area contributed by atoms with E-state index in [1.54, 1.807) is 43.6 Å². The average molecular weight is 617 g/mol. The number of aromatic nitrogens is 1. The summed E-state index contributed by atoms with van der Waals surface area (Å²) in [7, 11) is 3.77. The number of nitrogens with one attached hydrogen (secondary N) is 2. The van der Waals surface area contributed by atoms with Crippen LogP contribution in [0.1, 0.15) is 51.6 Å². The number of hydrogen-bond donors (Lipinski definition) is 2. The monoisotopic (exact) mass is 616 g/mol. The van der Waals surface area contributed by atoms with Crippen molar-refractivity contribution in [3.8, 4) is 11.5 Å². The van der Waals surface area contributed by atoms with E-state index in [9.17, 15) is 9.59 Å². The molecule has 2 amide bonds. The molecule has 5 aromatic rings. The Kier molecular flexibility index (Phi) is 11.0. The second kappa shape index (κ2) is 15.7. The second-order valence-corrected chi connectivity index (χ2v) is 11.2. The maximum absolute atomic E-state index is 13.2. The summed E-state index contributed by atoms with van der Waals surface area (Å²) in [5.74, 6) is 0.894. The molecule has 0 aliphatic heterocycles. The van der Waals surface area contributed by atoms with E-state index in [-0.39, 0.29) is 11.8 Å². The van der Waals surface area contributed by atoms with Gasteiger partial charge < -0.3 is 25.0 Å². The van der Waals surface area contributed by atoms with E-state index in [1.807, 2.05) is 60.7 Å². The summed E-state index contributed by atoms with van der Waals surface area (Å²) >= 11 is 0. The van der Waals surface area contributed by atoms with Crippen LogP contribution in [0, 0.1) is 0 Å². The van der Waals surface area contributed by atoms with Crippen LogP contribution >= 0.6 is 0 Å². The third kappa shape index (κ3) is 8.49. The molecule has 2 N–H and O–H groups in total. The van der Waals surface area contributed by atoms with Crippen LogP contribution in [0.15, 0.2) is 103 Å². The van der Waals surface area contributed by atoms with Crippen LogP contribution in [0.4, 0.5) is 11.4 Å². The van der Waals surface area contributed by atoms with Gasteiger partial charge in [-0.15, -0.1) is 0 Å². The highest BCUT2D eigenvalue weighted by molar-refractivity contribution is 6.13. The number of anilines is 2. The molecule has 8 heteroatoms. The number of likely N-dealkylation sites (N-methyl/N-ethyl adjacent to an activating group) is 1. The van der Waals surface area contributed by atoms with Crippen molar-refractivity contribution in [1.29, 1.82) is 0 Å². The van der Waals surface area contributed by atoms with Gasteiger partial charge in [-0.3, -0.25) is 14.6 Å². The van der Waals surface area contributed by atoms with Gasteiger partial charge in [0.05, 0.1) is 36.0 Å². The van der Waals surface area contributed by atoms with Crippen LogP contribution in [0.25, 0.3) is 10.9 Å². The van der Waals surface area contributed by atoms with Crippen molar-refractivity contribution < 1.29 is 19.1 Å². The number of nitrogens with zero attached hydrogens (tertiary/aromatic N) is 2. The lowest BCUT2D eigenvalue weighted by Gasteiger charge is -2.18. The number of benzene rings is 4. The molecule has 1 heterocycles. The molecule has 0 fully saturated rings. The number of fused-ring (bicyclic) bond motifs is 1. The Morgan fingerprint density at radius 2 is 1.59 bits per heavy atom. The first-order chi connectivity index (χ1) is 22.4. The predicted octanol–water partition coefficient (Wildman–Crippen LogP) is 7.60. The van der Waals surface area contributed by atoms with Gasteiger partial charge in [0.1, 0.15) is 0 Å². The first kappa shape index (κ1) is 32.2. The van der Waals surface area contributed by atoms with Gasteiger partial charge in [-0.25, -0.2) is 0 Å². The third-order valence-corrected chi connectivity index (χ3v) is 7.70. The summed E-state index contributed by atoms with van der Waals surface area (Å²) in [4.78, 5) is 32.9. The zero-order valence-electron chi connectivity index (χ0n) is 26.6. The van der Waals surface area contributed by atoms with Gasteiger partial charge in [-0.1, -0.05) is 61.9 Å². The molecule has 46 heavy (non-hydrogen) atoms. The maximum Gasteiger partial charge on any atom is 0.257 e. The van der Waals surface area contributed by atoms with E-state index in [2.05, 4.69) is 40.6 Å². The van der Waals surface area contributed by atoms with Gasteiger partial charge in [0.25, 0.3) is 11.8 Å². The van der Waals surface area contributed by atoms with Crippen molar-refractivity contribution >= 4 is 34.1 Å². The molecule has 4 aromatic carbocycles. The molecule has 0 aliphatic carbocycles. The van der Waals surface area contributed by atoms with Crippen LogP contribution in [0.5, 0.6) is 11.5 Å². The van der Waals surface area contributed by atoms with Crippen LogP contribution in [0.2, 0.25) is 0 Å². The van der Waals surface area contributed by atoms with E-state index in [0.717, 1.165) is 60.3 Å². The highest BCUT2D eigenvalue weighted by Crippen LogP contribution is 2.29. The highest BCUT2D eigenvalue weighted by atomic mass is 16.5. The molecule has 8 nitrogen and oxygen atoms in total. The van der Waals surface area contributed by atoms with Crippen molar-refractivity contribution in [3.63, 3.8) is 0 Å². The molecule has 5 rings (SSSR count). The molecule has 236 valence electrons. The van der Waals surface area contributed by atoms with E-state index in [1.165, 1.54) is 5.56 Å². The maximum atomic E-state index is 13.2. The number of hydrogen-bond acceptors (Lipinski definition) is 6. The van der Waals surface area contributed by atoms with Crippen molar-refractivity contribution in [2.75, 3.05) is 37.9 Å². The topological polar surface area (TPSA) is 92.8 Å². The van der Waals surface area contributed by atoms with Crippen LogP contribution in [-0.4, -0.2) is 49.0 Å². The molecule has 0 aliphatic rings. The van der Waals surface area contributed by atoms with Crippen LogP contribution < -0.4 is 20.1 Å². The zero-order valence-corrected chi connectivity index (χ0v) is 26.6. The van der Waals surface area contributed by atoms with Crippen LogP contribution in [0.3, 0.4) is 0 Å². The Bertz CT molecular complexity index is 1790. The Hall–Kier alpha value is -5.21. The number of unbranched alkanes of at least 4 members (excludes halogenated alkanes) is 1.